The standard InChI is InChI=1S/C12H12N2S/c1-2-4-10(5-3-1)11-6-7-13-12-14(11)8-9-15-12/h1-6H,7-9H2. The van der Waals surface area contributed by atoms with Crippen molar-refractivity contribution in [3.8, 4) is 0 Å². The molecule has 0 saturated carbocycles. The lowest BCUT2D eigenvalue weighted by Gasteiger charge is -2.24. The molecule has 3 rings (SSSR count). The Bertz CT molecular complexity index is 423. The van der Waals surface area contributed by atoms with Crippen LogP contribution in [0.5, 0.6) is 0 Å². The number of benzene rings is 1. The zero-order valence-corrected chi connectivity index (χ0v) is 9.20. The number of amidine groups is 1. The van der Waals surface area contributed by atoms with Crippen LogP contribution in [0.25, 0.3) is 5.70 Å². The summed E-state index contributed by atoms with van der Waals surface area (Å²) in [6.07, 6.45) is 2.21. The Balaban J connectivity index is 1.97. The summed E-state index contributed by atoms with van der Waals surface area (Å²) >= 11 is 1.86. The third-order valence-electron chi connectivity index (χ3n) is 2.65. The Morgan fingerprint density at radius 2 is 2.07 bits per heavy atom. The molecule has 0 spiro atoms. The fourth-order valence-corrected chi connectivity index (χ4v) is 2.93. The van der Waals surface area contributed by atoms with Crippen LogP contribution in [0, 0.1) is 0 Å². The average molecular weight is 216 g/mol. The van der Waals surface area contributed by atoms with Crippen LogP contribution < -0.4 is 0 Å². The quantitative estimate of drug-likeness (QED) is 0.716. The molecule has 1 aromatic rings. The predicted octanol–water partition coefficient (Wildman–Crippen LogP) is 2.45. The SMILES string of the molecule is C1=C(c2ccccc2)N2CCSC2=NC1. The van der Waals surface area contributed by atoms with Crippen molar-refractivity contribution in [2.24, 2.45) is 4.99 Å². The third-order valence-corrected chi connectivity index (χ3v) is 3.64. The van der Waals surface area contributed by atoms with Gasteiger partial charge in [-0.2, -0.15) is 0 Å². The molecule has 2 aliphatic heterocycles. The van der Waals surface area contributed by atoms with Crippen LogP contribution in [0.4, 0.5) is 0 Å². The van der Waals surface area contributed by atoms with Gasteiger partial charge in [0.2, 0.25) is 0 Å². The summed E-state index contributed by atoms with van der Waals surface area (Å²) in [5.41, 5.74) is 2.62. The average Bonchev–Trinajstić information content (AvgIpc) is 2.78. The van der Waals surface area contributed by atoms with Gasteiger partial charge in [-0.3, -0.25) is 4.99 Å². The second-order valence-corrected chi connectivity index (χ2v) is 4.64. The van der Waals surface area contributed by atoms with Crippen molar-refractivity contribution in [3.63, 3.8) is 0 Å². The Labute approximate surface area is 93.7 Å². The fraction of sp³-hybridized carbons (Fsp3) is 0.250. The van der Waals surface area contributed by atoms with Gasteiger partial charge in [-0.15, -0.1) is 0 Å². The van der Waals surface area contributed by atoms with Crippen LogP contribution in [0.3, 0.4) is 0 Å². The van der Waals surface area contributed by atoms with E-state index in [1.807, 2.05) is 11.8 Å². The molecule has 0 aromatic heterocycles. The van der Waals surface area contributed by atoms with E-state index >= 15 is 0 Å². The smallest absolute Gasteiger partial charge is 0.164 e. The van der Waals surface area contributed by atoms with Crippen molar-refractivity contribution in [2.45, 2.75) is 0 Å². The highest BCUT2D eigenvalue weighted by Crippen LogP contribution is 2.30. The van der Waals surface area contributed by atoms with Crippen LogP contribution in [0.2, 0.25) is 0 Å². The van der Waals surface area contributed by atoms with Gasteiger partial charge in [-0.1, -0.05) is 42.1 Å². The first-order valence-corrected chi connectivity index (χ1v) is 6.14. The van der Waals surface area contributed by atoms with E-state index < -0.39 is 0 Å². The van der Waals surface area contributed by atoms with E-state index in [0.29, 0.717) is 0 Å². The molecule has 2 nitrogen and oxygen atoms in total. The number of thioether (sulfide) groups is 1. The number of hydrogen-bond donors (Lipinski definition) is 0. The van der Waals surface area contributed by atoms with Crippen LogP contribution >= 0.6 is 11.8 Å². The summed E-state index contributed by atoms with van der Waals surface area (Å²) in [6, 6.07) is 10.6. The molecular weight excluding hydrogens is 204 g/mol. The van der Waals surface area contributed by atoms with Gasteiger partial charge in [0.15, 0.2) is 5.17 Å². The van der Waals surface area contributed by atoms with E-state index in [-0.39, 0.29) is 0 Å². The van der Waals surface area contributed by atoms with Crippen LogP contribution in [-0.4, -0.2) is 28.9 Å². The lowest BCUT2D eigenvalue weighted by molar-refractivity contribution is 0.635. The van der Waals surface area contributed by atoms with E-state index in [9.17, 15) is 0 Å². The molecular formula is C12H12N2S. The lowest BCUT2D eigenvalue weighted by atomic mass is 10.1. The maximum Gasteiger partial charge on any atom is 0.164 e. The van der Waals surface area contributed by atoms with Gasteiger partial charge in [-0.25, -0.2) is 0 Å². The molecule has 1 aromatic carbocycles. The van der Waals surface area contributed by atoms with Crippen LogP contribution in [0.1, 0.15) is 5.56 Å². The molecule has 3 heteroatoms. The Kier molecular flexibility index (Phi) is 2.25. The van der Waals surface area contributed by atoms with E-state index in [4.69, 9.17) is 0 Å². The minimum Gasteiger partial charge on any atom is -0.320 e. The minimum absolute atomic E-state index is 0.822. The first-order valence-electron chi connectivity index (χ1n) is 5.15. The summed E-state index contributed by atoms with van der Waals surface area (Å²) in [4.78, 5) is 6.82. The summed E-state index contributed by atoms with van der Waals surface area (Å²) in [5.74, 6) is 1.16. The van der Waals surface area contributed by atoms with Gasteiger partial charge >= 0.3 is 0 Å². The largest absolute Gasteiger partial charge is 0.320 e. The summed E-state index contributed by atoms with van der Waals surface area (Å²) < 4.78 is 0. The molecule has 76 valence electrons. The van der Waals surface area contributed by atoms with Gasteiger partial charge in [0.25, 0.3) is 0 Å². The van der Waals surface area contributed by atoms with Crippen molar-refractivity contribution in [3.05, 3.63) is 42.0 Å². The Morgan fingerprint density at radius 3 is 2.93 bits per heavy atom. The molecule has 0 bridgehead atoms. The molecule has 15 heavy (non-hydrogen) atoms. The maximum absolute atomic E-state index is 4.50. The normalized spacial score (nSPS) is 19.6. The summed E-state index contributed by atoms with van der Waals surface area (Å²) in [7, 11) is 0. The third kappa shape index (κ3) is 1.57. The number of aliphatic imine (C=N–C) groups is 1. The highest BCUT2D eigenvalue weighted by Gasteiger charge is 2.25. The van der Waals surface area contributed by atoms with Crippen molar-refractivity contribution in [1.82, 2.24) is 4.90 Å². The summed E-state index contributed by atoms with van der Waals surface area (Å²) in [6.45, 7) is 1.91. The van der Waals surface area contributed by atoms with Gasteiger partial charge in [0.05, 0.1) is 6.54 Å². The minimum atomic E-state index is 0.822. The number of rotatable bonds is 1. The molecule has 1 saturated heterocycles. The van der Waals surface area contributed by atoms with Gasteiger partial charge < -0.3 is 4.90 Å². The Hall–Kier alpha value is -1.22. The van der Waals surface area contributed by atoms with Crippen molar-refractivity contribution in [1.29, 1.82) is 0 Å². The maximum atomic E-state index is 4.50. The predicted molar refractivity (Wildman–Crippen MR) is 65.9 cm³/mol. The Morgan fingerprint density at radius 1 is 1.20 bits per heavy atom. The number of hydrogen-bond acceptors (Lipinski definition) is 3. The van der Waals surface area contributed by atoms with Gasteiger partial charge in [0, 0.05) is 18.0 Å². The number of fused-ring (bicyclic) bond motifs is 1. The molecule has 0 N–H and O–H groups in total. The van der Waals surface area contributed by atoms with Gasteiger partial charge in [0.1, 0.15) is 0 Å². The van der Waals surface area contributed by atoms with Crippen LogP contribution in [-0.2, 0) is 0 Å². The molecule has 1 fully saturated rings. The van der Waals surface area contributed by atoms with E-state index in [0.717, 1.165) is 18.8 Å². The van der Waals surface area contributed by atoms with Gasteiger partial charge in [-0.05, 0) is 11.6 Å². The second kappa shape index (κ2) is 3.74. The molecule has 2 aliphatic rings. The van der Waals surface area contributed by atoms with Crippen molar-refractivity contribution >= 4 is 22.6 Å². The highest BCUT2D eigenvalue weighted by molar-refractivity contribution is 8.14. The molecule has 0 amide bonds. The zero-order chi connectivity index (χ0) is 10.1. The summed E-state index contributed by atoms with van der Waals surface area (Å²) in [5, 5.41) is 1.19. The number of nitrogens with zero attached hydrogens (tertiary/aromatic N) is 2. The highest BCUT2D eigenvalue weighted by atomic mass is 32.2. The van der Waals surface area contributed by atoms with E-state index in [2.05, 4.69) is 46.3 Å². The molecule has 2 heterocycles. The van der Waals surface area contributed by atoms with E-state index in [1.165, 1.54) is 16.4 Å². The van der Waals surface area contributed by atoms with Crippen molar-refractivity contribution < 1.29 is 0 Å². The monoisotopic (exact) mass is 216 g/mol. The molecule has 0 aliphatic carbocycles. The lowest BCUT2D eigenvalue weighted by Crippen LogP contribution is -2.25. The fourth-order valence-electron chi connectivity index (χ4n) is 1.96. The zero-order valence-electron chi connectivity index (χ0n) is 8.39. The topological polar surface area (TPSA) is 15.6 Å². The van der Waals surface area contributed by atoms with E-state index in [1.54, 1.807) is 0 Å². The molecule has 0 unspecified atom stereocenters. The van der Waals surface area contributed by atoms with Crippen molar-refractivity contribution in [2.75, 3.05) is 18.8 Å². The first kappa shape index (κ1) is 9.04. The first-order chi connectivity index (χ1) is 7.45. The van der Waals surface area contributed by atoms with Crippen LogP contribution in [0.15, 0.2) is 41.4 Å². The second-order valence-electron chi connectivity index (χ2n) is 3.58. The molecule has 0 radical (unpaired) electrons. The molecule has 0 atom stereocenters.